The molecule has 0 aliphatic carbocycles. The third-order valence-corrected chi connectivity index (χ3v) is 7.00. The fourth-order valence-electron chi connectivity index (χ4n) is 5.04. The summed E-state index contributed by atoms with van der Waals surface area (Å²) in [7, 11) is 0. The topological polar surface area (TPSA) is 85.1 Å². The molecule has 1 aliphatic rings. The standard InChI is InChI=1S/C29H34N6O2/c1-3-34-28-27(21(2)32-35(28)24-10-6-4-7-11-24)31-25(29(34)37)16-17-26(36)30-23-14-12-22(13-15-23)20-33-18-8-5-9-19-33/h4,6-7,10-15H,3,5,8-9,16-20H2,1-2H3,(H,30,36). The van der Waals surface area contributed by atoms with Crippen molar-refractivity contribution >= 4 is 22.8 Å². The lowest BCUT2D eigenvalue weighted by Gasteiger charge is -2.26. The smallest absolute Gasteiger partial charge is 0.273 e. The molecular formula is C29H34N6O2. The summed E-state index contributed by atoms with van der Waals surface area (Å²) in [6, 6.07) is 17.8. The molecular weight excluding hydrogens is 464 g/mol. The van der Waals surface area contributed by atoms with Crippen LogP contribution in [0.25, 0.3) is 16.9 Å². The van der Waals surface area contributed by atoms with Gasteiger partial charge in [0.05, 0.1) is 11.4 Å². The molecule has 37 heavy (non-hydrogen) atoms. The number of amides is 1. The number of fused-ring (bicyclic) bond motifs is 1. The molecule has 5 rings (SSSR count). The van der Waals surface area contributed by atoms with Gasteiger partial charge >= 0.3 is 0 Å². The highest BCUT2D eigenvalue weighted by Gasteiger charge is 2.19. The van der Waals surface area contributed by atoms with Crippen LogP contribution in [-0.2, 0) is 24.3 Å². The zero-order chi connectivity index (χ0) is 25.8. The van der Waals surface area contributed by atoms with Crippen molar-refractivity contribution in [2.24, 2.45) is 0 Å². The first-order valence-electron chi connectivity index (χ1n) is 13.2. The van der Waals surface area contributed by atoms with Gasteiger partial charge in [-0.25, -0.2) is 9.67 Å². The van der Waals surface area contributed by atoms with Crippen molar-refractivity contribution in [3.63, 3.8) is 0 Å². The Morgan fingerprint density at radius 2 is 1.73 bits per heavy atom. The minimum Gasteiger partial charge on any atom is -0.326 e. The van der Waals surface area contributed by atoms with E-state index in [-0.39, 0.29) is 24.3 Å². The number of rotatable bonds is 8. The van der Waals surface area contributed by atoms with Crippen LogP contribution in [-0.4, -0.2) is 43.2 Å². The average Bonchev–Trinajstić information content (AvgIpc) is 3.25. The Balaban J connectivity index is 1.28. The Kier molecular flexibility index (Phi) is 7.46. The van der Waals surface area contributed by atoms with Gasteiger partial charge in [-0.15, -0.1) is 0 Å². The lowest BCUT2D eigenvalue weighted by Crippen LogP contribution is -2.29. The van der Waals surface area contributed by atoms with E-state index in [2.05, 4.69) is 32.4 Å². The monoisotopic (exact) mass is 498 g/mol. The molecule has 8 nitrogen and oxygen atoms in total. The number of hydrogen-bond donors (Lipinski definition) is 1. The van der Waals surface area contributed by atoms with Gasteiger partial charge in [-0.2, -0.15) is 5.10 Å². The molecule has 1 amide bonds. The zero-order valence-electron chi connectivity index (χ0n) is 21.6. The van der Waals surface area contributed by atoms with Crippen LogP contribution in [0.4, 0.5) is 5.69 Å². The molecule has 2 aromatic carbocycles. The molecule has 3 heterocycles. The van der Waals surface area contributed by atoms with E-state index in [0.717, 1.165) is 36.7 Å². The Morgan fingerprint density at radius 1 is 1.00 bits per heavy atom. The molecule has 8 heteroatoms. The van der Waals surface area contributed by atoms with Crippen molar-refractivity contribution < 1.29 is 4.79 Å². The first kappa shape index (κ1) is 24.9. The molecule has 0 unspecified atom stereocenters. The van der Waals surface area contributed by atoms with Crippen LogP contribution in [0.2, 0.25) is 0 Å². The third-order valence-electron chi connectivity index (χ3n) is 7.00. The van der Waals surface area contributed by atoms with E-state index in [4.69, 9.17) is 0 Å². The number of para-hydroxylation sites is 1. The van der Waals surface area contributed by atoms with E-state index in [0.29, 0.717) is 23.4 Å². The number of aryl methyl sites for hydroxylation is 3. The molecule has 2 aromatic heterocycles. The van der Waals surface area contributed by atoms with Crippen molar-refractivity contribution in [3.05, 3.63) is 81.9 Å². The number of carbonyl (C=O) groups is 1. The number of piperidine rings is 1. The second kappa shape index (κ2) is 11.1. The number of hydrogen-bond acceptors (Lipinski definition) is 5. The lowest BCUT2D eigenvalue weighted by atomic mass is 10.1. The van der Waals surface area contributed by atoms with Gasteiger partial charge in [0.15, 0.2) is 5.65 Å². The SMILES string of the molecule is CCn1c(=O)c(CCC(=O)Nc2ccc(CN3CCCCC3)cc2)nc2c(C)nn(-c3ccccc3)c21. The van der Waals surface area contributed by atoms with Gasteiger partial charge in [-0.1, -0.05) is 36.8 Å². The first-order valence-corrected chi connectivity index (χ1v) is 13.2. The molecule has 1 N–H and O–H groups in total. The molecule has 1 aliphatic heterocycles. The number of nitrogens with zero attached hydrogens (tertiary/aromatic N) is 5. The van der Waals surface area contributed by atoms with Crippen LogP contribution in [0, 0.1) is 6.92 Å². The van der Waals surface area contributed by atoms with E-state index in [9.17, 15) is 9.59 Å². The Morgan fingerprint density at radius 3 is 2.43 bits per heavy atom. The van der Waals surface area contributed by atoms with Gasteiger partial charge in [-0.05, 0) is 69.6 Å². The lowest BCUT2D eigenvalue weighted by molar-refractivity contribution is -0.116. The Bertz CT molecular complexity index is 1430. The summed E-state index contributed by atoms with van der Waals surface area (Å²) in [5.41, 5.74) is 5.21. The fraction of sp³-hybridized carbons (Fsp3) is 0.379. The van der Waals surface area contributed by atoms with Crippen LogP contribution in [0.15, 0.2) is 59.4 Å². The highest BCUT2D eigenvalue weighted by atomic mass is 16.1. The number of likely N-dealkylation sites (tertiary alicyclic amines) is 1. The molecule has 0 spiro atoms. The third kappa shape index (κ3) is 5.49. The predicted octanol–water partition coefficient (Wildman–Crippen LogP) is 4.47. The summed E-state index contributed by atoms with van der Waals surface area (Å²) in [6.07, 6.45) is 4.32. The summed E-state index contributed by atoms with van der Waals surface area (Å²) < 4.78 is 3.47. The first-order chi connectivity index (χ1) is 18.0. The van der Waals surface area contributed by atoms with Gasteiger partial charge in [0.25, 0.3) is 5.56 Å². The maximum absolute atomic E-state index is 13.3. The number of benzene rings is 2. The van der Waals surface area contributed by atoms with Crippen LogP contribution < -0.4 is 10.9 Å². The second-order valence-corrected chi connectivity index (χ2v) is 9.69. The number of aromatic nitrogens is 4. The quantitative estimate of drug-likeness (QED) is 0.388. The zero-order valence-corrected chi connectivity index (χ0v) is 21.6. The summed E-state index contributed by atoms with van der Waals surface area (Å²) >= 11 is 0. The van der Waals surface area contributed by atoms with E-state index in [1.54, 1.807) is 9.25 Å². The second-order valence-electron chi connectivity index (χ2n) is 9.69. The summed E-state index contributed by atoms with van der Waals surface area (Å²) in [4.78, 5) is 33.2. The van der Waals surface area contributed by atoms with Gasteiger partial charge in [0.2, 0.25) is 5.91 Å². The van der Waals surface area contributed by atoms with Crippen molar-refractivity contribution in [1.82, 2.24) is 24.2 Å². The van der Waals surface area contributed by atoms with E-state index in [1.165, 1.54) is 24.8 Å². The van der Waals surface area contributed by atoms with Crippen LogP contribution >= 0.6 is 0 Å². The Hall–Kier alpha value is -3.78. The Labute approximate surface area is 216 Å². The van der Waals surface area contributed by atoms with E-state index in [1.807, 2.05) is 56.3 Å². The summed E-state index contributed by atoms with van der Waals surface area (Å²) in [5, 5.41) is 7.62. The van der Waals surface area contributed by atoms with Crippen molar-refractivity contribution in [2.45, 2.75) is 59.0 Å². The van der Waals surface area contributed by atoms with Gasteiger partial charge in [-0.3, -0.25) is 19.1 Å². The van der Waals surface area contributed by atoms with Crippen molar-refractivity contribution in [3.8, 4) is 5.69 Å². The van der Waals surface area contributed by atoms with Crippen LogP contribution in [0.1, 0.15) is 49.6 Å². The normalized spacial score (nSPS) is 14.2. The van der Waals surface area contributed by atoms with Gasteiger partial charge < -0.3 is 5.32 Å². The molecule has 0 atom stereocenters. The molecule has 1 fully saturated rings. The fourth-order valence-corrected chi connectivity index (χ4v) is 5.04. The number of anilines is 1. The van der Waals surface area contributed by atoms with E-state index < -0.39 is 0 Å². The number of nitrogens with one attached hydrogen (secondary N) is 1. The maximum Gasteiger partial charge on any atom is 0.273 e. The summed E-state index contributed by atoms with van der Waals surface area (Å²) in [5.74, 6) is -0.134. The molecule has 0 radical (unpaired) electrons. The molecule has 0 saturated carbocycles. The molecule has 4 aromatic rings. The molecule has 0 bridgehead atoms. The van der Waals surface area contributed by atoms with Gasteiger partial charge in [0, 0.05) is 31.6 Å². The van der Waals surface area contributed by atoms with Crippen LogP contribution in [0.3, 0.4) is 0 Å². The highest BCUT2D eigenvalue weighted by Crippen LogP contribution is 2.20. The maximum atomic E-state index is 13.3. The minimum atomic E-state index is -0.179. The highest BCUT2D eigenvalue weighted by molar-refractivity contribution is 5.90. The van der Waals surface area contributed by atoms with E-state index >= 15 is 0 Å². The largest absolute Gasteiger partial charge is 0.326 e. The van der Waals surface area contributed by atoms with Crippen molar-refractivity contribution in [1.29, 1.82) is 0 Å². The minimum absolute atomic E-state index is 0.134. The van der Waals surface area contributed by atoms with Crippen LogP contribution in [0.5, 0.6) is 0 Å². The average molecular weight is 499 g/mol. The molecule has 192 valence electrons. The predicted molar refractivity (Wildman–Crippen MR) is 146 cm³/mol. The number of carbonyl (C=O) groups excluding carboxylic acids is 1. The van der Waals surface area contributed by atoms with Crippen molar-refractivity contribution in [2.75, 3.05) is 18.4 Å². The summed E-state index contributed by atoms with van der Waals surface area (Å²) in [6.45, 7) is 7.58. The van der Waals surface area contributed by atoms with Gasteiger partial charge in [0.1, 0.15) is 11.2 Å². The molecule has 1 saturated heterocycles.